The summed E-state index contributed by atoms with van der Waals surface area (Å²) in [5.74, 6) is 1.98. The summed E-state index contributed by atoms with van der Waals surface area (Å²) in [6.07, 6.45) is 4.66. The quantitative estimate of drug-likeness (QED) is 0.585. The number of rotatable bonds is 4. The summed E-state index contributed by atoms with van der Waals surface area (Å²) in [7, 11) is 3.96. The first-order valence-electron chi connectivity index (χ1n) is 5.43. The zero-order chi connectivity index (χ0) is 12.8. The van der Waals surface area contributed by atoms with E-state index in [1.807, 2.05) is 37.2 Å². The molecule has 1 aromatic carbocycles. The molecule has 0 aliphatic carbocycles. The van der Waals surface area contributed by atoms with Gasteiger partial charge in [0, 0.05) is 6.54 Å². The molecule has 17 heavy (non-hydrogen) atoms. The molecule has 0 aliphatic rings. The minimum Gasteiger partial charge on any atom is -0.446 e. The van der Waals surface area contributed by atoms with Gasteiger partial charge in [-0.05, 0) is 38.7 Å². The van der Waals surface area contributed by atoms with Gasteiger partial charge < -0.3 is 9.64 Å². The van der Waals surface area contributed by atoms with Crippen molar-refractivity contribution in [1.29, 1.82) is 0 Å². The summed E-state index contributed by atoms with van der Waals surface area (Å²) >= 11 is 0. The average Bonchev–Trinajstić information content (AvgIpc) is 2.28. The van der Waals surface area contributed by atoms with Gasteiger partial charge in [-0.25, -0.2) is 4.79 Å². The van der Waals surface area contributed by atoms with Gasteiger partial charge in [0.1, 0.15) is 0 Å². The van der Waals surface area contributed by atoms with E-state index in [0.717, 1.165) is 12.1 Å². The lowest BCUT2D eigenvalue weighted by Gasteiger charge is -2.11. The topological polar surface area (TPSA) is 29.5 Å². The minimum absolute atomic E-state index is 0.379. The Balaban J connectivity index is 2.78. The van der Waals surface area contributed by atoms with Crippen LogP contribution in [-0.2, 0) is 11.3 Å². The van der Waals surface area contributed by atoms with Crippen LogP contribution in [-0.4, -0.2) is 31.1 Å². The third-order valence-electron chi connectivity index (χ3n) is 2.18. The molecule has 0 aliphatic heterocycles. The van der Waals surface area contributed by atoms with Crippen LogP contribution in [0.5, 0.6) is 0 Å². The van der Waals surface area contributed by atoms with Crippen LogP contribution in [0.4, 0.5) is 0 Å². The van der Waals surface area contributed by atoms with Gasteiger partial charge in [0.05, 0.1) is 5.56 Å². The van der Waals surface area contributed by atoms with E-state index < -0.39 is 6.10 Å². The van der Waals surface area contributed by atoms with Crippen LogP contribution in [0, 0.1) is 12.3 Å². The van der Waals surface area contributed by atoms with Gasteiger partial charge in [0.25, 0.3) is 0 Å². The zero-order valence-corrected chi connectivity index (χ0v) is 10.4. The third-order valence-corrected chi connectivity index (χ3v) is 2.18. The highest BCUT2D eigenvalue weighted by atomic mass is 16.5. The molecular weight excluding hydrogens is 214 g/mol. The van der Waals surface area contributed by atoms with Crippen molar-refractivity contribution in [2.45, 2.75) is 19.6 Å². The molecule has 0 N–H and O–H groups in total. The van der Waals surface area contributed by atoms with E-state index in [-0.39, 0.29) is 5.97 Å². The molecule has 1 rings (SSSR count). The van der Waals surface area contributed by atoms with Crippen molar-refractivity contribution < 1.29 is 9.53 Å². The van der Waals surface area contributed by atoms with Crippen LogP contribution in [0.3, 0.4) is 0 Å². The molecule has 3 heteroatoms. The first kappa shape index (κ1) is 13.3. The van der Waals surface area contributed by atoms with Crippen LogP contribution in [0.1, 0.15) is 22.8 Å². The normalized spacial score (nSPS) is 11.9. The van der Waals surface area contributed by atoms with Crippen molar-refractivity contribution in [3.8, 4) is 12.3 Å². The number of terminal acetylenes is 1. The Hall–Kier alpha value is -1.79. The van der Waals surface area contributed by atoms with Gasteiger partial charge in [-0.2, -0.15) is 0 Å². The monoisotopic (exact) mass is 231 g/mol. The van der Waals surface area contributed by atoms with Crippen molar-refractivity contribution in [1.82, 2.24) is 4.90 Å². The van der Waals surface area contributed by atoms with Crippen molar-refractivity contribution in [3.63, 3.8) is 0 Å². The molecule has 0 aromatic heterocycles. The summed E-state index contributed by atoms with van der Waals surface area (Å²) in [6.45, 7) is 2.45. The lowest BCUT2D eigenvalue weighted by atomic mass is 10.1. The largest absolute Gasteiger partial charge is 0.446 e. The molecule has 90 valence electrons. The lowest BCUT2D eigenvalue weighted by Crippen LogP contribution is -2.14. The molecule has 0 bridgehead atoms. The molecule has 0 spiro atoms. The van der Waals surface area contributed by atoms with Gasteiger partial charge >= 0.3 is 5.97 Å². The van der Waals surface area contributed by atoms with Crippen molar-refractivity contribution in [3.05, 3.63) is 35.4 Å². The Morgan fingerprint density at radius 2 is 2.24 bits per heavy atom. The summed E-state index contributed by atoms with van der Waals surface area (Å²) in [5, 5.41) is 0. The number of benzene rings is 1. The molecule has 0 unspecified atom stereocenters. The highest BCUT2D eigenvalue weighted by molar-refractivity contribution is 5.89. The zero-order valence-electron chi connectivity index (χ0n) is 10.4. The Labute approximate surface area is 102 Å². The highest BCUT2D eigenvalue weighted by Gasteiger charge is 2.10. The predicted octanol–water partition coefficient (Wildman–Crippen LogP) is 1.93. The van der Waals surface area contributed by atoms with Gasteiger partial charge in [-0.3, -0.25) is 0 Å². The van der Waals surface area contributed by atoms with Crippen LogP contribution in [0.2, 0.25) is 0 Å². The number of nitrogens with zero attached hydrogens (tertiary/aromatic N) is 1. The van der Waals surface area contributed by atoms with E-state index in [1.54, 1.807) is 13.0 Å². The van der Waals surface area contributed by atoms with Crippen LogP contribution < -0.4 is 0 Å². The summed E-state index contributed by atoms with van der Waals surface area (Å²) in [6, 6.07) is 7.37. The first-order chi connectivity index (χ1) is 8.02. The molecule has 0 radical (unpaired) electrons. The maximum absolute atomic E-state index is 11.7. The van der Waals surface area contributed by atoms with E-state index in [9.17, 15) is 4.79 Å². The fourth-order valence-electron chi connectivity index (χ4n) is 1.42. The van der Waals surface area contributed by atoms with E-state index in [1.165, 1.54) is 0 Å². The van der Waals surface area contributed by atoms with Crippen molar-refractivity contribution >= 4 is 5.97 Å². The maximum atomic E-state index is 11.7. The SMILES string of the molecule is C#C[C@@H](C)OC(=O)c1cccc(CN(C)C)c1. The number of ether oxygens (including phenoxy) is 1. The van der Waals surface area contributed by atoms with Crippen LogP contribution in [0.15, 0.2) is 24.3 Å². The van der Waals surface area contributed by atoms with E-state index in [4.69, 9.17) is 11.2 Å². The number of carbonyl (C=O) groups excluding carboxylic acids is 1. The fraction of sp³-hybridized carbons (Fsp3) is 0.357. The number of esters is 1. The molecule has 0 saturated carbocycles. The number of hydrogen-bond acceptors (Lipinski definition) is 3. The Morgan fingerprint density at radius 3 is 2.82 bits per heavy atom. The molecule has 3 nitrogen and oxygen atoms in total. The smallest absolute Gasteiger partial charge is 0.339 e. The molecule has 0 saturated heterocycles. The highest BCUT2D eigenvalue weighted by Crippen LogP contribution is 2.09. The van der Waals surface area contributed by atoms with Crippen molar-refractivity contribution in [2.24, 2.45) is 0 Å². The molecule has 0 heterocycles. The summed E-state index contributed by atoms with van der Waals surface area (Å²) in [5.41, 5.74) is 1.60. The van der Waals surface area contributed by atoms with E-state index >= 15 is 0 Å². The summed E-state index contributed by atoms with van der Waals surface area (Å²) < 4.78 is 5.06. The minimum atomic E-state index is -0.500. The van der Waals surface area contributed by atoms with E-state index in [0.29, 0.717) is 5.56 Å². The van der Waals surface area contributed by atoms with Crippen molar-refractivity contribution in [2.75, 3.05) is 14.1 Å². The number of hydrogen-bond donors (Lipinski definition) is 0. The molecule has 1 aromatic rings. The molecule has 0 amide bonds. The Kier molecular flexibility index (Phi) is 4.74. The van der Waals surface area contributed by atoms with Gasteiger partial charge in [-0.15, -0.1) is 6.42 Å². The van der Waals surface area contributed by atoms with Crippen LogP contribution >= 0.6 is 0 Å². The number of carbonyl (C=O) groups is 1. The Bertz CT molecular complexity index is 432. The van der Waals surface area contributed by atoms with Crippen LogP contribution in [0.25, 0.3) is 0 Å². The second kappa shape index (κ2) is 6.07. The fourth-order valence-corrected chi connectivity index (χ4v) is 1.42. The standard InChI is InChI=1S/C14H17NO2/c1-5-11(2)17-14(16)13-8-6-7-12(9-13)10-15(3)4/h1,6-9,11H,10H2,2-4H3/t11-/m1/s1. The maximum Gasteiger partial charge on any atom is 0.339 e. The lowest BCUT2D eigenvalue weighted by molar-refractivity contribution is 0.0438. The van der Waals surface area contributed by atoms with Gasteiger partial charge in [0.2, 0.25) is 0 Å². The van der Waals surface area contributed by atoms with Gasteiger partial charge in [0.15, 0.2) is 6.10 Å². The third kappa shape index (κ3) is 4.29. The average molecular weight is 231 g/mol. The second-order valence-electron chi connectivity index (χ2n) is 4.15. The summed E-state index contributed by atoms with van der Waals surface area (Å²) in [4.78, 5) is 13.8. The second-order valence-corrected chi connectivity index (χ2v) is 4.15. The predicted molar refractivity (Wildman–Crippen MR) is 67.5 cm³/mol. The molecule has 1 atom stereocenters. The first-order valence-corrected chi connectivity index (χ1v) is 5.43. The van der Waals surface area contributed by atoms with E-state index in [2.05, 4.69) is 5.92 Å². The molecular formula is C14H17NO2. The van der Waals surface area contributed by atoms with Gasteiger partial charge in [-0.1, -0.05) is 18.1 Å². The molecule has 0 fully saturated rings. The Morgan fingerprint density at radius 1 is 1.53 bits per heavy atom.